The van der Waals surface area contributed by atoms with Crippen molar-refractivity contribution in [2.45, 2.75) is 6.61 Å². The maximum absolute atomic E-state index is 10.5. The summed E-state index contributed by atoms with van der Waals surface area (Å²) in [7, 11) is 1.56. The molecule has 72 valence electrons. The Labute approximate surface area is 82.0 Å². The van der Waals surface area contributed by atoms with E-state index in [1.807, 2.05) is 0 Å². The van der Waals surface area contributed by atoms with Gasteiger partial charge in [-0.2, -0.15) is 0 Å². The number of aromatic nitrogens is 1. The Bertz CT molecular complexity index is 290. The molecule has 1 rings (SSSR count). The van der Waals surface area contributed by atoms with E-state index in [1.54, 1.807) is 13.2 Å². The van der Waals surface area contributed by atoms with Crippen molar-refractivity contribution >= 4 is 18.4 Å². The number of hydrogen-bond donors (Lipinski definition) is 1. The zero-order chi connectivity index (χ0) is 8.97. The average molecular weight is 204 g/mol. The summed E-state index contributed by atoms with van der Waals surface area (Å²) in [5.41, 5.74) is 0.856. The van der Waals surface area contributed by atoms with Gasteiger partial charge in [-0.25, -0.2) is 9.78 Å². The van der Waals surface area contributed by atoms with Gasteiger partial charge in [-0.05, 0) is 17.7 Å². The second-order valence-electron chi connectivity index (χ2n) is 2.29. The molecule has 0 spiro atoms. The van der Waals surface area contributed by atoms with Gasteiger partial charge in [-0.3, -0.25) is 0 Å². The van der Waals surface area contributed by atoms with Crippen LogP contribution in [0.4, 0.5) is 0 Å². The van der Waals surface area contributed by atoms with Crippen LogP contribution in [0.25, 0.3) is 0 Å². The second kappa shape index (κ2) is 5.50. The van der Waals surface area contributed by atoms with Gasteiger partial charge in [0.25, 0.3) is 0 Å². The summed E-state index contributed by atoms with van der Waals surface area (Å²) >= 11 is 0. The zero-order valence-corrected chi connectivity index (χ0v) is 7.87. The summed E-state index contributed by atoms with van der Waals surface area (Å²) in [6, 6.07) is 3.21. The SMILES string of the molecule is COCc1ccnc(C(=O)O)c1.Cl. The van der Waals surface area contributed by atoms with Crippen molar-refractivity contribution in [1.29, 1.82) is 0 Å². The number of nitrogens with zero attached hydrogens (tertiary/aromatic N) is 1. The number of ether oxygens (including phenoxy) is 1. The van der Waals surface area contributed by atoms with Gasteiger partial charge in [0.1, 0.15) is 5.69 Å². The quantitative estimate of drug-likeness (QED) is 0.806. The Kier molecular flexibility index (Phi) is 5.03. The number of pyridine rings is 1. The van der Waals surface area contributed by atoms with Gasteiger partial charge in [-0.15, -0.1) is 12.4 Å². The normalized spacial score (nSPS) is 9.00. The Hall–Kier alpha value is -1.13. The molecule has 1 aromatic heterocycles. The largest absolute Gasteiger partial charge is 0.477 e. The molecule has 0 aliphatic heterocycles. The van der Waals surface area contributed by atoms with Gasteiger partial charge >= 0.3 is 5.97 Å². The van der Waals surface area contributed by atoms with Crippen LogP contribution in [0.15, 0.2) is 18.3 Å². The van der Waals surface area contributed by atoms with Crippen molar-refractivity contribution in [3.63, 3.8) is 0 Å². The summed E-state index contributed by atoms with van der Waals surface area (Å²) in [6.45, 7) is 0.406. The predicted octanol–water partition coefficient (Wildman–Crippen LogP) is 1.35. The van der Waals surface area contributed by atoms with Crippen LogP contribution < -0.4 is 0 Å². The van der Waals surface area contributed by atoms with E-state index >= 15 is 0 Å². The van der Waals surface area contributed by atoms with E-state index in [2.05, 4.69) is 4.98 Å². The molecule has 13 heavy (non-hydrogen) atoms. The molecule has 0 saturated carbocycles. The number of rotatable bonds is 3. The fourth-order valence-corrected chi connectivity index (χ4v) is 0.848. The Morgan fingerprint density at radius 3 is 2.92 bits per heavy atom. The molecule has 0 aliphatic rings. The molecule has 5 heteroatoms. The van der Waals surface area contributed by atoms with Gasteiger partial charge in [0.2, 0.25) is 0 Å². The van der Waals surface area contributed by atoms with Crippen LogP contribution in [0, 0.1) is 0 Å². The first kappa shape index (κ1) is 11.9. The molecule has 0 aliphatic carbocycles. The molecule has 0 fully saturated rings. The summed E-state index contributed by atoms with van der Waals surface area (Å²) in [6.07, 6.45) is 1.46. The molecule has 0 atom stereocenters. The molecule has 4 nitrogen and oxygen atoms in total. The van der Waals surface area contributed by atoms with Crippen LogP contribution in [-0.2, 0) is 11.3 Å². The topological polar surface area (TPSA) is 59.4 Å². The lowest BCUT2D eigenvalue weighted by molar-refractivity contribution is 0.0690. The highest BCUT2D eigenvalue weighted by Crippen LogP contribution is 2.02. The molecule has 1 aromatic rings. The fraction of sp³-hybridized carbons (Fsp3) is 0.250. The van der Waals surface area contributed by atoms with E-state index in [0.29, 0.717) is 6.61 Å². The highest BCUT2D eigenvalue weighted by molar-refractivity contribution is 5.85. The Morgan fingerprint density at radius 1 is 1.69 bits per heavy atom. The second-order valence-corrected chi connectivity index (χ2v) is 2.29. The molecule has 0 bridgehead atoms. The van der Waals surface area contributed by atoms with Crippen LogP contribution in [0.3, 0.4) is 0 Å². The first-order valence-electron chi connectivity index (χ1n) is 3.41. The molecular weight excluding hydrogens is 194 g/mol. The monoisotopic (exact) mass is 203 g/mol. The smallest absolute Gasteiger partial charge is 0.354 e. The maximum atomic E-state index is 10.5. The lowest BCUT2D eigenvalue weighted by Crippen LogP contribution is -2.01. The minimum Gasteiger partial charge on any atom is -0.477 e. The van der Waals surface area contributed by atoms with Crippen molar-refractivity contribution in [3.8, 4) is 0 Å². The van der Waals surface area contributed by atoms with E-state index in [1.165, 1.54) is 12.3 Å². The van der Waals surface area contributed by atoms with E-state index < -0.39 is 5.97 Å². The van der Waals surface area contributed by atoms with Crippen LogP contribution >= 0.6 is 12.4 Å². The van der Waals surface area contributed by atoms with Crippen LogP contribution in [0.2, 0.25) is 0 Å². The third-order valence-corrected chi connectivity index (χ3v) is 1.35. The molecule has 0 aromatic carbocycles. The van der Waals surface area contributed by atoms with Crippen molar-refractivity contribution < 1.29 is 14.6 Å². The van der Waals surface area contributed by atoms with E-state index in [-0.39, 0.29) is 18.1 Å². The number of carboxylic acids is 1. The number of methoxy groups -OCH3 is 1. The highest BCUT2D eigenvalue weighted by atomic mass is 35.5. The van der Waals surface area contributed by atoms with E-state index in [4.69, 9.17) is 9.84 Å². The van der Waals surface area contributed by atoms with Gasteiger partial charge in [0.05, 0.1) is 6.61 Å². The van der Waals surface area contributed by atoms with Crippen molar-refractivity contribution in [2.24, 2.45) is 0 Å². The van der Waals surface area contributed by atoms with Gasteiger partial charge in [0, 0.05) is 13.3 Å². The molecule has 1 N–H and O–H groups in total. The number of halogens is 1. The number of carboxylic acid groups (broad SMARTS) is 1. The standard InChI is InChI=1S/C8H9NO3.ClH/c1-12-5-6-2-3-9-7(4-6)8(10)11;/h2-4H,5H2,1H3,(H,10,11);1H. The molecule has 1 heterocycles. The molecule has 0 amide bonds. The van der Waals surface area contributed by atoms with Gasteiger partial charge in [-0.1, -0.05) is 0 Å². The third kappa shape index (κ3) is 3.40. The minimum atomic E-state index is -1.02. The summed E-state index contributed by atoms with van der Waals surface area (Å²) < 4.78 is 4.84. The van der Waals surface area contributed by atoms with Crippen molar-refractivity contribution in [2.75, 3.05) is 7.11 Å². The number of hydrogen-bond acceptors (Lipinski definition) is 3. The average Bonchev–Trinajstić information content (AvgIpc) is 2.05. The first-order chi connectivity index (χ1) is 5.74. The lowest BCUT2D eigenvalue weighted by atomic mass is 10.2. The Balaban J connectivity index is 0.00000144. The summed E-state index contributed by atoms with van der Waals surface area (Å²) in [5, 5.41) is 8.57. The molecule has 0 radical (unpaired) electrons. The van der Waals surface area contributed by atoms with Crippen molar-refractivity contribution in [1.82, 2.24) is 4.98 Å². The van der Waals surface area contributed by atoms with E-state index in [0.717, 1.165) is 5.56 Å². The molecular formula is C8H10ClNO3. The maximum Gasteiger partial charge on any atom is 0.354 e. The zero-order valence-electron chi connectivity index (χ0n) is 7.06. The number of aromatic carboxylic acids is 1. The van der Waals surface area contributed by atoms with Crippen LogP contribution in [0.1, 0.15) is 16.1 Å². The van der Waals surface area contributed by atoms with Crippen LogP contribution in [0.5, 0.6) is 0 Å². The summed E-state index contributed by atoms with van der Waals surface area (Å²) in [5.74, 6) is -1.02. The lowest BCUT2D eigenvalue weighted by Gasteiger charge is -1.99. The van der Waals surface area contributed by atoms with Gasteiger partial charge in [0.15, 0.2) is 0 Å². The predicted molar refractivity (Wildman–Crippen MR) is 49.2 cm³/mol. The van der Waals surface area contributed by atoms with Gasteiger partial charge < -0.3 is 9.84 Å². The minimum absolute atomic E-state index is 0. The van der Waals surface area contributed by atoms with Crippen molar-refractivity contribution in [3.05, 3.63) is 29.6 Å². The Morgan fingerprint density at radius 2 is 2.38 bits per heavy atom. The fourth-order valence-electron chi connectivity index (χ4n) is 0.848. The van der Waals surface area contributed by atoms with Crippen LogP contribution in [-0.4, -0.2) is 23.2 Å². The summed E-state index contributed by atoms with van der Waals surface area (Å²) in [4.78, 5) is 14.1. The highest BCUT2D eigenvalue weighted by Gasteiger charge is 2.03. The number of carbonyl (C=O) groups is 1. The van der Waals surface area contributed by atoms with E-state index in [9.17, 15) is 4.79 Å². The molecule has 0 unspecified atom stereocenters. The third-order valence-electron chi connectivity index (χ3n) is 1.35. The first-order valence-corrected chi connectivity index (χ1v) is 3.41. The molecule has 0 saturated heterocycles.